The minimum atomic E-state index is -1.29. The molecule has 0 bridgehead atoms. The van der Waals surface area contributed by atoms with Gasteiger partial charge in [0.25, 0.3) is 0 Å². The van der Waals surface area contributed by atoms with E-state index in [0.717, 1.165) is 6.92 Å². The zero-order valence-corrected chi connectivity index (χ0v) is 12.3. The predicted molar refractivity (Wildman–Crippen MR) is 65.9 cm³/mol. The number of carbonyl (C=O) groups is 3. The van der Waals surface area contributed by atoms with Crippen molar-refractivity contribution in [2.45, 2.75) is 57.9 Å². The first kappa shape index (κ1) is 15.7. The molecule has 8 nitrogen and oxygen atoms in total. The molecule has 21 heavy (non-hydrogen) atoms. The van der Waals surface area contributed by atoms with Crippen LogP contribution >= 0.6 is 0 Å². The van der Waals surface area contributed by atoms with Crippen molar-refractivity contribution in [1.29, 1.82) is 0 Å². The average molecular weight is 302 g/mol. The van der Waals surface area contributed by atoms with Crippen LogP contribution in [0.2, 0.25) is 0 Å². The van der Waals surface area contributed by atoms with Gasteiger partial charge >= 0.3 is 17.9 Å². The zero-order chi connectivity index (χ0) is 15.8. The molecule has 8 heteroatoms. The van der Waals surface area contributed by atoms with Gasteiger partial charge in [-0.3, -0.25) is 9.59 Å². The van der Waals surface area contributed by atoms with Gasteiger partial charge in [0.2, 0.25) is 6.10 Å². The van der Waals surface area contributed by atoms with Crippen LogP contribution in [0.1, 0.15) is 27.7 Å². The summed E-state index contributed by atoms with van der Waals surface area (Å²) < 4.78 is 26.2. The summed E-state index contributed by atoms with van der Waals surface area (Å²) in [7, 11) is 0. The van der Waals surface area contributed by atoms with E-state index in [0.29, 0.717) is 0 Å². The molecule has 2 heterocycles. The molecule has 0 aromatic heterocycles. The quantitative estimate of drug-likeness (QED) is 0.528. The van der Waals surface area contributed by atoms with E-state index < -0.39 is 48.1 Å². The molecule has 0 radical (unpaired) electrons. The van der Waals surface area contributed by atoms with Crippen LogP contribution in [0.3, 0.4) is 0 Å². The van der Waals surface area contributed by atoms with Crippen LogP contribution in [0.25, 0.3) is 0 Å². The number of cyclic esters (lactones) is 1. The lowest BCUT2D eigenvalue weighted by Gasteiger charge is -2.24. The Morgan fingerprint density at radius 1 is 1.19 bits per heavy atom. The van der Waals surface area contributed by atoms with Crippen molar-refractivity contribution in [1.82, 2.24) is 0 Å². The van der Waals surface area contributed by atoms with Crippen molar-refractivity contribution in [3.63, 3.8) is 0 Å². The third-order valence-corrected chi connectivity index (χ3v) is 3.10. The molecule has 118 valence electrons. The summed E-state index contributed by atoms with van der Waals surface area (Å²) in [6.07, 6.45) is -3.83. The summed E-state index contributed by atoms with van der Waals surface area (Å²) in [6.45, 7) is 5.96. The largest absolute Gasteiger partial charge is 0.454 e. The first-order valence-corrected chi connectivity index (χ1v) is 6.56. The molecule has 2 rings (SSSR count). The summed E-state index contributed by atoms with van der Waals surface area (Å²) in [4.78, 5) is 34.1. The first-order chi connectivity index (χ1) is 9.69. The van der Waals surface area contributed by atoms with Gasteiger partial charge < -0.3 is 23.7 Å². The molecule has 0 unspecified atom stereocenters. The number of hydrogen-bond donors (Lipinski definition) is 0. The Kier molecular flexibility index (Phi) is 4.20. The lowest BCUT2D eigenvalue weighted by Crippen LogP contribution is -2.44. The van der Waals surface area contributed by atoms with E-state index in [4.69, 9.17) is 23.7 Å². The highest BCUT2D eigenvalue weighted by Gasteiger charge is 2.55. The summed E-state index contributed by atoms with van der Waals surface area (Å²) in [6, 6.07) is 0. The molecule has 0 amide bonds. The van der Waals surface area contributed by atoms with Crippen LogP contribution in [-0.2, 0) is 38.1 Å². The van der Waals surface area contributed by atoms with Crippen molar-refractivity contribution in [3.8, 4) is 0 Å². The standard InChI is InChI=1S/C13H18O8/c1-6(14)18-10-9(8-5-17-13(3,4)21-8)20-12(16)11(10)19-7(2)15/h8-11H,5H2,1-4H3/t8-,9-,10+,11-/m1/s1. The van der Waals surface area contributed by atoms with Crippen LogP contribution in [0, 0.1) is 0 Å². The smallest absolute Gasteiger partial charge is 0.352 e. The first-order valence-electron chi connectivity index (χ1n) is 6.56. The minimum Gasteiger partial charge on any atom is -0.454 e. The van der Waals surface area contributed by atoms with Gasteiger partial charge in [0, 0.05) is 13.8 Å². The highest BCUT2D eigenvalue weighted by atomic mass is 16.8. The zero-order valence-electron chi connectivity index (χ0n) is 12.3. The number of rotatable bonds is 3. The Balaban J connectivity index is 2.17. The van der Waals surface area contributed by atoms with Crippen LogP contribution in [-0.4, -0.2) is 54.7 Å². The van der Waals surface area contributed by atoms with Gasteiger partial charge in [-0.2, -0.15) is 0 Å². The van der Waals surface area contributed by atoms with E-state index in [1.54, 1.807) is 13.8 Å². The molecule has 0 aromatic rings. The maximum atomic E-state index is 11.8. The fraction of sp³-hybridized carbons (Fsp3) is 0.769. The molecule has 0 aromatic carbocycles. The molecule has 0 N–H and O–H groups in total. The van der Waals surface area contributed by atoms with E-state index in [9.17, 15) is 14.4 Å². The number of carbonyl (C=O) groups excluding carboxylic acids is 3. The van der Waals surface area contributed by atoms with Crippen LogP contribution in [0.5, 0.6) is 0 Å². The van der Waals surface area contributed by atoms with Gasteiger partial charge in [0.15, 0.2) is 18.0 Å². The lowest BCUT2D eigenvalue weighted by atomic mass is 10.1. The van der Waals surface area contributed by atoms with E-state index >= 15 is 0 Å². The van der Waals surface area contributed by atoms with E-state index in [1.165, 1.54) is 6.92 Å². The summed E-state index contributed by atoms with van der Waals surface area (Å²) in [5.41, 5.74) is 0. The SMILES string of the molecule is CC(=O)O[C@H]1[C@@H]([C@H]2COC(C)(C)O2)OC(=O)[C@@H]1OC(C)=O. The van der Waals surface area contributed by atoms with Gasteiger partial charge in [0.1, 0.15) is 6.10 Å². The Bertz CT molecular complexity index is 457. The third-order valence-electron chi connectivity index (χ3n) is 3.10. The van der Waals surface area contributed by atoms with Gasteiger partial charge in [-0.1, -0.05) is 0 Å². The monoisotopic (exact) mass is 302 g/mol. The van der Waals surface area contributed by atoms with Crippen molar-refractivity contribution in [3.05, 3.63) is 0 Å². The van der Waals surface area contributed by atoms with E-state index in [-0.39, 0.29) is 6.61 Å². The fourth-order valence-corrected chi connectivity index (χ4v) is 2.35. The maximum Gasteiger partial charge on any atom is 0.352 e. The van der Waals surface area contributed by atoms with Crippen LogP contribution in [0.4, 0.5) is 0 Å². The normalized spacial score (nSPS) is 34.4. The van der Waals surface area contributed by atoms with Crippen LogP contribution in [0.15, 0.2) is 0 Å². The molecule has 2 aliphatic heterocycles. The summed E-state index contributed by atoms with van der Waals surface area (Å²) in [5, 5.41) is 0. The Hall–Kier alpha value is -1.67. The molecular weight excluding hydrogens is 284 g/mol. The molecule has 0 aliphatic carbocycles. The highest BCUT2D eigenvalue weighted by molar-refractivity contribution is 5.82. The second kappa shape index (κ2) is 5.61. The lowest BCUT2D eigenvalue weighted by molar-refractivity contribution is -0.174. The predicted octanol–water partition coefficient (Wildman–Crippen LogP) is -0.0733. The number of esters is 3. The number of ether oxygens (including phenoxy) is 5. The van der Waals surface area contributed by atoms with Crippen LogP contribution < -0.4 is 0 Å². The highest BCUT2D eigenvalue weighted by Crippen LogP contribution is 2.32. The molecule has 0 spiro atoms. The summed E-state index contributed by atoms with van der Waals surface area (Å²) >= 11 is 0. The minimum absolute atomic E-state index is 0.176. The third kappa shape index (κ3) is 3.51. The topological polar surface area (TPSA) is 97.4 Å². The van der Waals surface area contributed by atoms with E-state index in [1.807, 2.05) is 0 Å². The van der Waals surface area contributed by atoms with Gasteiger partial charge in [0.05, 0.1) is 6.61 Å². The second-order valence-electron chi connectivity index (χ2n) is 5.37. The Morgan fingerprint density at radius 2 is 1.81 bits per heavy atom. The Morgan fingerprint density at radius 3 is 2.29 bits per heavy atom. The van der Waals surface area contributed by atoms with Gasteiger partial charge in [-0.05, 0) is 13.8 Å². The van der Waals surface area contributed by atoms with Crippen molar-refractivity contribution >= 4 is 17.9 Å². The van der Waals surface area contributed by atoms with Crippen molar-refractivity contribution in [2.24, 2.45) is 0 Å². The van der Waals surface area contributed by atoms with Crippen molar-refractivity contribution in [2.75, 3.05) is 6.61 Å². The molecule has 4 atom stereocenters. The molecule has 2 fully saturated rings. The maximum absolute atomic E-state index is 11.8. The molecule has 2 aliphatic rings. The molecule has 2 saturated heterocycles. The molecule has 0 saturated carbocycles. The fourth-order valence-electron chi connectivity index (χ4n) is 2.35. The van der Waals surface area contributed by atoms with Crippen molar-refractivity contribution < 1.29 is 38.1 Å². The van der Waals surface area contributed by atoms with Gasteiger partial charge in [-0.15, -0.1) is 0 Å². The average Bonchev–Trinajstić information content (AvgIpc) is 2.82. The van der Waals surface area contributed by atoms with E-state index in [2.05, 4.69) is 0 Å². The second-order valence-corrected chi connectivity index (χ2v) is 5.37. The molecular formula is C13H18O8. The van der Waals surface area contributed by atoms with Gasteiger partial charge in [-0.25, -0.2) is 4.79 Å². The Labute approximate surface area is 121 Å². The number of hydrogen-bond acceptors (Lipinski definition) is 8. The summed E-state index contributed by atoms with van der Waals surface area (Å²) in [5.74, 6) is -2.87.